The summed E-state index contributed by atoms with van der Waals surface area (Å²) < 4.78 is 9.34. The van der Waals surface area contributed by atoms with Gasteiger partial charge in [0.1, 0.15) is 10.8 Å². The van der Waals surface area contributed by atoms with Gasteiger partial charge >= 0.3 is 0 Å². The lowest BCUT2D eigenvalue weighted by molar-refractivity contribution is -0.115. The molecule has 268 valence electrons. The van der Waals surface area contributed by atoms with E-state index in [4.69, 9.17) is 21.3 Å². The van der Waals surface area contributed by atoms with Crippen molar-refractivity contribution >= 4 is 68.2 Å². The average molecular weight is 746 g/mol. The van der Waals surface area contributed by atoms with E-state index in [-0.39, 0.29) is 38.1 Å². The third kappa shape index (κ3) is 6.99. The summed E-state index contributed by atoms with van der Waals surface area (Å²) in [6, 6.07) is 19.8. The molecule has 53 heavy (non-hydrogen) atoms. The third-order valence-electron chi connectivity index (χ3n) is 9.15. The quantitative estimate of drug-likeness (QED) is 0.128. The Balaban J connectivity index is 0.954. The number of nitrogens with zero attached hydrogens (tertiary/aromatic N) is 5. The van der Waals surface area contributed by atoms with Gasteiger partial charge in [-0.3, -0.25) is 28.5 Å². The number of nitrogens with one attached hydrogen (secondary N) is 2. The van der Waals surface area contributed by atoms with Crippen LogP contribution in [0.4, 0.5) is 0 Å². The Hall–Kier alpha value is -5.61. The predicted octanol–water partition coefficient (Wildman–Crippen LogP) is 6.52. The van der Waals surface area contributed by atoms with Gasteiger partial charge in [0.15, 0.2) is 11.9 Å². The van der Waals surface area contributed by atoms with Gasteiger partial charge in [-0.2, -0.15) is 0 Å². The SMILES string of the molecule is CCC(=O)n1c2ccccc2c2cc(C(=O)NCCOCCNC(=O)C#CC3N=C(c4ccc(Cl)cc4)c4c(sc(C)c4C)-n4c(C)nnc43)ccc21. The highest BCUT2D eigenvalue weighted by atomic mass is 35.5. The molecule has 0 aliphatic carbocycles. The minimum Gasteiger partial charge on any atom is -0.378 e. The lowest BCUT2D eigenvalue weighted by atomic mass is 10.00. The molecule has 0 saturated heterocycles. The normalized spacial score (nSPS) is 13.5. The van der Waals surface area contributed by atoms with Gasteiger partial charge in [-0.15, -0.1) is 21.5 Å². The first-order valence-corrected chi connectivity index (χ1v) is 18.4. The lowest BCUT2D eigenvalue weighted by Crippen LogP contribution is -2.29. The van der Waals surface area contributed by atoms with E-state index in [9.17, 15) is 14.4 Å². The maximum absolute atomic E-state index is 13.0. The maximum atomic E-state index is 13.0. The molecule has 11 nitrogen and oxygen atoms in total. The Morgan fingerprint density at radius 1 is 0.925 bits per heavy atom. The van der Waals surface area contributed by atoms with Crippen LogP contribution in [0, 0.1) is 32.6 Å². The Morgan fingerprint density at radius 2 is 1.66 bits per heavy atom. The zero-order chi connectivity index (χ0) is 37.2. The van der Waals surface area contributed by atoms with Crippen LogP contribution in [-0.2, 0) is 9.53 Å². The van der Waals surface area contributed by atoms with Crippen LogP contribution in [-0.4, -0.2) is 69.1 Å². The van der Waals surface area contributed by atoms with E-state index in [0.717, 1.165) is 54.1 Å². The first kappa shape index (κ1) is 35.8. The highest BCUT2D eigenvalue weighted by Gasteiger charge is 2.30. The number of carbonyl (C=O) groups is 3. The number of rotatable bonds is 9. The van der Waals surface area contributed by atoms with Crippen molar-refractivity contribution in [2.45, 2.75) is 40.2 Å². The molecule has 2 amide bonds. The Kier molecular flexibility index (Phi) is 10.2. The van der Waals surface area contributed by atoms with Crippen LogP contribution in [0.3, 0.4) is 0 Å². The fourth-order valence-electron chi connectivity index (χ4n) is 6.42. The number of ether oxygens (including phenoxy) is 1. The minimum absolute atomic E-state index is 0.00514. The Bertz CT molecular complexity index is 2500. The molecule has 0 radical (unpaired) electrons. The summed E-state index contributed by atoms with van der Waals surface area (Å²) in [7, 11) is 0. The molecule has 13 heteroatoms. The average Bonchev–Trinajstić information content (AvgIpc) is 3.77. The molecular formula is C40H36ClN7O4S. The molecule has 0 bridgehead atoms. The van der Waals surface area contributed by atoms with Crippen LogP contribution in [0.25, 0.3) is 26.8 Å². The molecule has 7 rings (SSSR count). The van der Waals surface area contributed by atoms with E-state index in [1.165, 1.54) is 0 Å². The van der Waals surface area contributed by atoms with Gasteiger partial charge in [0.25, 0.3) is 11.8 Å². The molecule has 1 unspecified atom stereocenters. The number of halogens is 1. The van der Waals surface area contributed by atoms with E-state index in [1.54, 1.807) is 22.0 Å². The van der Waals surface area contributed by atoms with E-state index in [1.807, 2.05) is 79.1 Å². The molecule has 0 saturated carbocycles. The number of hydrogen-bond acceptors (Lipinski definition) is 8. The van der Waals surface area contributed by atoms with Crippen LogP contribution in [0.5, 0.6) is 0 Å². The standard InChI is InChI=1S/C40H36ClN7O4S/c1-5-35(50)48-32-9-7-6-8-29(32)30-22-27(12-16-33(30)48)39(51)43-19-21-52-20-18-42-34(49)17-15-31-38-46-45-25(4)47(38)40-36(23(2)24(3)53-40)37(44-31)26-10-13-28(41)14-11-26/h6-14,16,22,31H,5,18-21H2,1-4H3,(H,42,49)(H,43,51). The van der Waals surface area contributed by atoms with Crippen LogP contribution in [0.15, 0.2) is 71.7 Å². The molecule has 1 aliphatic rings. The summed E-state index contributed by atoms with van der Waals surface area (Å²) in [4.78, 5) is 44.7. The first-order chi connectivity index (χ1) is 25.7. The van der Waals surface area contributed by atoms with Gasteiger partial charge in [-0.05, 0) is 68.7 Å². The molecule has 0 spiro atoms. The van der Waals surface area contributed by atoms with E-state index in [0.29, 0.717) is 28.7 Å². The zero-order valence-electron chi connectivity index (χ0n) is 29.6. The monoisotopic (exact) mass is 745 g/mol. The van der Waals surface area contributed by atoms with Crippen molar-refractivity contribution in [1.29, 1.82) is 0 Å². The summed E-state index contributed by atoms with van der Waals surface area (Å²) in [5.41, 5.74) is 5.80. The van der Waals surface area contributed by atoms with Crippen molar-refractivity contribution in [3.63, 3.8) is 0 Å². The van der Waals surface area contributed by atoms with Gasteiger partial charge in [0.05, 0.1) is 30.0 Å². The first-order valence-electron chi connectivity index (χ1n) is 17.2. The molecule has 6 aromatic rings. The van der Waals surface area contributed by atoms with Gasteiger partial charge in [-0.1, -0.05) is 54.8 Å². The molecule has 1 atom stereocenters. The Labute approximate surface area is 315 Å². The number of aromatic nitrogens is 4. The smallest absolute Gasteiger partial charge is 0.296 e. The van der Waals surface area contributed by atoms with Crippen LogP contribution < -0.4 is 10.6 Å². The summed E-state index contributed by atoms with van der Waals surface area (Å²) in [6.07, 6.45) is 0.371. The van der Waals surface area contributed by atoms with Gasteiger partial charge in [-0.25, -0.2) is 0 Å². The van der Waals surface area contributed by atoms with E-state index < -0.39 is 11.9 Å². The molecule has 3 aromatic carbocycles. The topological polar surface area (TPSA) is 132 Å². The number of fused-ring (bicyclic) bond motifs is 6. The van der Waals surface area contributed by atoms with Crippen LogP contribution in [0.2, 0.25) is 5.02 Å². The molecule has 0 fully saturated rings. The van der Waals surface area contributed by atoms with Gasteiger partial charge in [0.2, 0.25) is 5.91 Å². The lowest BCUT2D eigenvalue weighted by Gasteiger charge is -2.09. The highest BCUT2D eigenvalue weighted by molar-refractivity contribution is 7.15. The highest BCUT2D eigenvalue weighted by Crippen LogP contribution is 2.38. The summed E-state index contributed by atoms with van der Waals surface area (Å²) in [6.45, 7) is 8.86. The van der Waals surface area contributed by atoms with E-state index in [2.05, 4.69) is 46.5 Å². The van der Waals surface area contributed by atoms with Crippen molar-refractivity contribution in [2.24, 2.45) is 4.99 Å². The van der Waals surface area contributed by atoms with Crippen LogP contribution in [0.1, 0.15) is 67.8 Å². The molecular weight excluding hydrogens is 710 g/mol. The van der Waals surface area contributed by atoms with Crippen molar-refractivity contribution in [3.05, 3.63) is 111 Å². The molecule has 1 aliphatic heterocycles. The minimum atomic E-state index is -0.745. The molecule has 4 heterocycles. The summed E-state index contributed by atoms with van der Waals surface area (Å²) in [5.74, 6) is 6.22. The number of carbonyl (C=O) groups excluding carboxylic acids is 3. The number of aliphatic imine (C=N–C) groups is 1. The van der Waals surface area contributed by atoms with Crippen molar-refractivity contribution in [2.75, 3.05) is 26.3 Å². The zero-order valence-corrected chi connectivity index (χ0v) is 31.2. The molecule has 2 N–H and O–H groups in total. The number of benzene rings is 3. The number of aryl methyl sites for hydroxylation is 2. The summed E-state index contributed by atoms with van der Waals surface area (Å²) in [5, 5.41) is 17.7. The largest absolute Gasteiger partial charge is 0.378 e. The number of amides is 2. The van der Waals surface area contributed by atoms with E-state index >= 15 is 0 Å². The number of hydrogen-bond donors (Lipinski definition) is 2. The van der Waals surface area contributed by atoms with Crippen LogP contribution >= 0.6 is 22.9 Å². The number of thiophene rings is 1. The summed E-state index contributed by atoms with van der Waals surface area (Å²) >= 11 is 7.84. The van der Waals surface area contributed by atoms with Crippen molar-refractivity contribution in [3.8, 4) is 16.8 Å². The predicted molar refractivity (Wildman–Crippen MR) is 208 cm³/mol. The Morgan fingerprint density at radius 3 is 2.43 bits per heavy atom. The van der Waals surface area contributed by atoms with Crippen molar-refractivity contribution < 1.29 is 19.1 Å². The third-order valence-corrected chi connectivity index (χ3v) is 10.6. The van der Waals surface area contributed by atoms with Crippen molar-refractivity contribution in [1.82, 2.24) is 30.0 Å². The molecule has 3 aromatic heterocycles. The maximum Gasteiger partial charge on any atom is 0.296 e. The fourth-order valence-corrected chi connectivity index (χ4v) is 7.76. The number of para-hydroxylation sites is 1. The van der Waals surface area contributed by atoms with Gasteiger partial charge in [0, 0.05) is 56.9 Å². The second kappa shape index (κ2) is 15.2. The fraction of sp³-hybridized carbons (Fsp3) is 0.250. The second-order valence-electron chi connectivity index (χ2n) is 12.5. The van der Waals surface area contributed by atoms with Gasteiger partial charge < -0.3 is 15.4 Å². The second-order valence-corrected chi connectivity index (χ2v) is 14.2.